The predicted molar refractivity (Wildman–Crippen MR) is 69.7 cm³/mol. The highest BCUT2D eigenvalue weighted by molar-refractivity contribution is 7.90. The van der Waals surface area contributed by atoms with Gasteiger partial charge in [-0.25, -0.2) is 8.42 Å². The molecule has 1 rings (SSSR count). The Labute approximate surface area is 112 Å². The molecule has 0 fully saturated rings. The van der Waals surface area contributed by atoms with E-state index in [0.717, 1.165) is 6.26 Å². The monoisotopic (exact) mass is 287 g/mol. The molecule has 1 aromatic carbocycles. The van der Waals surface area contributed by atoms with Crippen molar-refractivity contribution in [2.45, 2.75) is 17.9 Å². The summed E-state index contributed by atoms with van der Waals surface area (Å²) in [5.41, 5.74) is 5.56. The van der Waals surface area contributed by atoms with Crippen molar-refractivity contribution in [3.8, 4) is 5.75 Å². The largest absolute Gasteiger partial charge is 0.491 e. The number of carbonyl (C=O) groups is 1. The highest BCUT2D eigenvalue weighted by Gasteiger charge is 2.15. The predicted octanol–water partition coefficient (Wildman–Crippen LogP) is 0.359. The Morgan fingerprint density at radius 1 is 1.42 bits per heavy atom. The van der Waals surface area contributed by atoms with Crippen molar-refractivity contribution in [1.29, 1.82) is 0 Å². The summed E-state index contributed by atoms with van der Waals surface area (Å²) in [5, 5.41) is 0. The van der Waals surface area contributed by atoms with Crippen LogP contribution in [0, 0.1) is 0 Å². The highest BCUT2D eigenvalue weighted by atomic mass is 32.2. The lowest BCUT2D eigenvalue weighted by molar-refractivity contribution is -0.145. The van der Waals surface area contributed by atoms with E-state index in [-0.39, 0.29) is 18.1 Å². The third kappa shape index (κ3) is 4.88. The maximum atomic E-state index is 11.4. The molecule has 0 amide bonds. The van der Waals surface area contributed by atoms with Crippen molar-refractivity contribution < 1.29 is 22.7 Å². The molecule has 19 heavy (non-hydrogen) atoms. The van der Waals surface area contributed by atoms with Crippen LogP contribution in [0.15, 0.2) is 29.2 Å². The van der Waals surface area contributed by atoms with Crippen LogP contribution in [0.2, 0.25) is 0 Å². The van der Waals surface area contributed by atoms with Gasteiger partial charge in [-0.15, -0.1) is 0 Å². The minimum absolute atomic E-state index is 0.0773. The number of nitrogens with two attached hydrogens (primary N) is 1. The molecule has 7 heteroatoms. The molecule has 0 aliphatic heterocycles. The fourth-order valence-electron chi connectivity index (χ4n) is 1.30. The minimum atomic E-state index is -3.29. The first-order valence-corrected chi connectivity index (χ1v) is 7.59. The molecule has 106 valence electrons. The maximum absolute atomic E-state index is 11.4. The average molecular weight is 287 g/mol. The zero-order valence-corrected chi connectivity index (χ0v) is 11.6. The lowest BCUT2D eigenvalue weighted by Crippen LogP contribution is -2.37. The molecule has 0 spiro atoms. The molecule has 2 N–H and O–H groups in total. The summed E-state index contributed by atoms with van der Waals surface area (Å²) in [7, 11) is -3.29. The number of carbonyl (C=O) groups excluding carboxylic acids is 1. The van der Waals surface area contributed by atoms with Gasteiger partial charge < -0.3 is 15.2 Å². The van der Waals surface area contributed by atoms with Crippen LogP contribution in [0.4, 0.5) is 0 Å². The highest BCUT2D eigenvalue weighted by Crippen LogP contribution is 2.17. The second-order valence-electron chi connectivity index (χ2n) is 3.92. The summed E-state index contributed by atoms with van der Waals surface area (Å²) in [6, 6.07) is 5.09. The molecule has 1 atom stereocenters. The number of hydrogen-bond donors (Lipinski definition) is 1. The zero-order chi connectivity index (χ0) is 14.5. The number of ether oxygens (including phenoxy) is 2. The van der Waals surface area contributed by atoms with E-state index in [1.54, 1.807) is 19.1 Å². The van der Waals surface area contributed by atoms with Gasteiger partial charge in [0.1, 0.15) is 18.4 Å². The molecular formula is C12H17NO5S. The van der Waals surface area contributed by atoms with Crippen molar-refractivity contribution in [1.82, 2.24) is 0 Å². The van der Waals surface area contributed by atoms with Crippen molar-refractivity contribution in [2.24, 2.45) is 5.73 Å². The number of sulfone groups is 1. The van der Waals surface area contributed by atoms with E-state index >= 15 is 0 Å². The molecule has 0 aliphatic carbocycles. The van der Waals surface area contributed by atoms with Gasteiger partial charge in [0.15, 0.2) is 9.84 Å². The molecule has 0 bridgehead atoms. The molecule has 0 saturated carbocycles. The van der Waals surface area contributed by atoms with Crippen molar-refractivity contribution >= 4 is 15.8 Å². The van der Waals surface area contributed by atoms with Crippen molar-refractivity contribution in [3.63, 3.8) is 0 Å². The summed E-state index contributed by atoms with van der Waals surface area (Å²) in [6.45, 7) is 1.85. The third-order valence-electron chi connectivity index (χ3n) is 2.25. The standard InChI is InChI=1S/C12H17NO5S/c1-3-17-12(14)11(13)8-18-9-5-4-6-10(7-9)19(2,15)16/h4-7,11H,3,8,13H2,1-2H3. The van der Waals surface area contributed by atoms with Crippen LogP contribution in [-0.2, 0) is 19.4 Å². The van der Waals surface area contributed by atoms with Crippen LogP contribution in [0.3, 0.4) is 0 Å². The molecule has 6 nitrogen and oxygen atoms in total. The summed E-state index contributed by atoms with van der Waals surface area (Å²) < 4.78 is 32.7. The topological polar surface area (TPSA) is 95.7 Å². The second kappa shape index (κ2) is 6.53. The Hall–Kier alpha value is -1.60. The van der Waals surface area contributed by atoms with E-state index in [1.807, 2.05) is 0 Å². The number of benzene rings is 1. The lowest BCUT2D eigenvalue weighted by Gasteiger charge is -2.12. The molecule has 0 aromatic heterocycles. The minimum Gasteiger partial charge on any atom is -0.491 e. The Kier molecular flexibility index (Phi) is 5.31. The van der Waals surface area contributed by atoms with Gasteiger partial charge in [0, 0.05) is 6.26 Å². The zero-order valence-electron chi connectivity index (χ0n) is 10.8. The lowest BCUT2D eigenvalue weighted by atomic mass is 10.3. The third-order valence-corrected chi connectivity index (χ3v) is 3.36. The number of hydrogen-bond acceptors (Lipinski definition) is 6. The second-order valence-corrected chi connectivity index (χ2v) is 5.93. The van der Waals surface area contributed by atoms with Gasteiger partial charge in [0.25, 0.3) is 0 Å². The first-order chi connectivity index (χ1) is 8.84. The summed E-state index contributed by atoms with van der Waals surface area (Å²) in [6.07, 6.45) is 1.11. The fourth-order valence-corrected chi connectivity index (χ4v) is 1.95. The van der Waals surface area contributed by atoms with Crippen LogP contribution in [0.25, 0.3) is 0 Å². The van der Waals surface area contributed by atoms with Gasteiger partial charge in [-0.05, 0) is 25.1 Å². The van der Waals surface area contributed by atoms with Gasteiger partial charge in [0.2, 0.25) is 0 Å². The number of esters is 1. The average Bonchev–Trinajstić information content (AvgIpc) is 2.35. The molecule has 1 unspecified atom stereocenters. The molecule has 0 heterocycles. The smallest absolute Gasteiger partial charge is 0.326 e. The summed E-state index contributed by atoms with van der Waals surface area (Å²) in [5.74, 6) is -0.218. The van der Waals surface area contributed by atoms with E-state index in [1.165, 1.54) is 12.1 Å². The van der Waals surface area contributed by atoms with Crippen molar-refractivity contribution in [2.75, 3.05) is 19.5 Å². The maximum Gasteiger partial charge on any atom is 0.326 e. The van der Waals surface area contributed by atoms with Crippen LogP contribution in [0.5, 0.6) is 5.75 Å². The van der Waals surface area contributed by atoms with E-state index < -0.39 is 21.8 Å². The van der Waals surface area contributed by atoms with E-state index in [4.69, 9.17) is 15.2 Å². The molecule has 0 radical (unpaired) electrons. The van der Waals surface area contributed by atoms with Gasteiger partial charge >= 0.3 is 5.97 Å². The van der Waals surface area contributed by atoms with E-state index in [9.17, 15) is 13.2 Å². The van der Waals surface area contributed by atoms with E-state index in [0.29, 0.717) is 5.75 Å². The summed E-state index contributed by atoms with van der Waals surface area (Å²) >= 11 is 0. The molecule has 0 aliphatic rings. The first-order valence-electron chi connectivity index (χ1n) is 5.69. The normalized spacial score (nSPS) is 12.8. The number of rotatable bonds is 6. The first kappa shape index (κ1) is 15.5. The Bertz CT molecular complexity index is 541. The van der Waals surface area contributed by atoms with Gasteiger partial charge in [-0.1, -0.05) is 6.07 Å². The summed E-state index contributed by atoms with van der Waals surface area (Å²) in [4.78, 5) is 11.4. The fraction of sp³-hybridized carbons (Fsp3) is 0.417. The van der Waals surface area contributed by atoms with E-state index in [2.05, 4.69) is 0 Å². The molecule has 1 aromatic rings. The quantitative estimate of drug-likeness (QED) is 0.759. The van der Waals surface area contributed by atoms with Gasteiger partial charge in [-0.3, -0.25) is 4.79 Å². The van der Waals surface area contributed by atoms with Crippen LogP contribution < -0.4 is 10.5 Å². The van der Waals surface area contributed by atoms with Gasteiger partial charge in [-0.2, -0.15) is 0 Å². The molecule has 0 saturated heterocycles. The Balaban J connectivity index is 2.66. The van der Waals surface area contributed by atoms with Crippen molar-refractivity contribution in [3.05, 3.63) is 24.3 Å². The van der Waals surface area contributed by atoms with Crippen LogP contribution in [-0.4, -0.2) is 39.9 Å². The van der Waals surface area contributed by atoms with Crippen LogP contribution in [0.1, 0.15) is 6.92 Å². The van der Waals surface area contributed by atoms with Gasteiger partial charge in [0.05, 0.1) is 11.5 Å². The van der Waals surface area contributed by atoms with Crippen LogP contribution >= 0.6 is 0 Å². The SMILES string of the molecule is CCOC(=O)C(N)COc1cccc(S(C)(=O)=O)c1. The Morgan fingerprint density at radius 2 is 2.11 bits per heavy atom. The molecular weight excluding hydrogens is 270 g/mol. The Morgan fingerprint density at radius 3 is 2.68 bits per heavy atom.